The number of nitrogens with two attached hydrogens (primary N) is 2. The molecule has 0 saturated carbocycles. The van der Waals surface area contributed by atoms with Gasteiger partial charge in [0.05, 0.1) is 72.1 Å². The summed E-state index contributed by atoms with van der Waals surface area (Å²) in [5.74, 6) is -0.493. The molecule has 96 heavy (non-hydrogen) atoms. The first-order valence-corrected chi connectivity index (χ1v) is 39.6. The number of hydrogen-bond donors (Lipinski definition) is 6. The highest BCUT2D eigenvalue weighted by atomic mass is 31.2. The molecule has 3 unspecified atom stereocenters. The average molecular weight is 1390 g/mol. The van der Waals surface area contributed by atoms with E-state index in [9.17, 15) is 23.6 Å². The zero-order chi connectivity index (χ0) is 69.2. The maximum absolute atomic E-state index is 13.5. The molecule has 25 nitrogen and oxygen atoms in total. The van der Waals surface area contributed by atoms with Crippen LogP contribution in [0.1, 0.15) is 239 Å². The molecular weight excluding hydrogens is 1270 g/mol. The van der Waals surface area contributed by atoms with Crippen molar-refractivity contribution in [1.82, 2.24) is 39.0 Å². The van der Waals surface area contributed by atoms with Gasteiger partial charge < -0.3 is 72.6 Å². The Bertz CT molecular complexity index is 2970. The summed E-state index contributed by atoms with van der Waals surface area (Å²) in [5, 5.41) is 8.59. The van der Waals surface area contributed by atoms with Crippen LogP contribution in [0.2, 0.25) is 0 Å². The minimum atomic E-state index is -3.87. The van der Waals surface area contributed by atoms with E-state index in [4.69, 9.17) is 58.6 Å². The first kappa shape index (κ1) is 84.0. The summed E-state index contributed by atoms with van der Waals surface area (Å²) in [6.45, 7) is 11.9. The molecule has 5 aromatic rings. The molecule has 0 amide bonds. The van der Waals surface area contributed by atoms with E-state index in [1.165, 1.54) is 192 Å². The van der Waals surface area contributed by atoms with Gasteiger partial charge in [0.25, 0.3) is 11.1 Å². The number of aromatic amines is 2. The van der Waals surface area contributed by atoms with Gasteiger partial charge in [-0.3, -0.25) is 28.7 Å². The summed E-state index contributed by atoms with van der Waals surface area (Å²) in [5.41, 5.74) is 12.3. The molecule has 0 spiro atoms. The Morgan fingerprint density at radius 1 is 0.531 bits per heavy atom. The second kappa shape index (κ2) is 51.7. The summed E-state index contributed by atoms with van der Waals surface area (Å²) < 4.78 is 78.1. The van der Waals surface area contributed by atoms with Crippen LogP contribution < -0.4 is 22.6 Å². The maximum atomic E-state index is 13.5. The number of aromatic nitrogens is 8. The van der Waals surface area contributed by atoms with Crippen molar-refractivity contribution >= 4 is 49.4 Å². The SMILES string of the molecule is CC1(C)OCC(CO)O1.CCCCCCCCCCCCCCCCCCOCCOP(=O)(COCCn1cnc2c(=O)[nH]c(N)nc21)OCc1ccccc1.CCCCCCCCCCCCCCCCCCOCCOP(=O)(O)COCCn1cnc2c(=O)[nH]c(N)nc21. The van der Waals surface area contributed by atoms with Crippen LogP contribution in [0.3, 0.4) is 0 Å². The number of nitrogen functional groups attached to an aromatic ring is 2. The highest BCUT2D eigenvalue weighted by molar-refractivity contribution is 7.53. The second-order valence-corrected chi connectivity index (χ2v) is 29.1. The molecule has 6 rings (SSSR count). The van der Waals surface area contributed by atoms with Crippen molar-refractivity contribution in [3.05, 3.63) is 69.3 Å². The number of imidazole rings is 2. The zero-order valence-corrected chi connectivity index (χ0v) is 60.6. The van der Waals surface area contributed by atoms with Crippen molar-refractivity contribution < 1.29 is 61.1 Å². The number of anilines is 2. The van der Waals surface area contributed by atoms with Crippen LogP contribution in [0, 0.1) is 0 Å². The number of nitrogens with zero attached hydrogens (tertiary/aromatic N) is 6. The molecule has 0 aliphatic carbocycles. The molecule has 0 bridgehead atoms. The fourth-order valence-electron chi connectivity index (χ4n) is 10.9. The molecule has 8 N–H and O–H groups in total. The fourth-order valence-corrected chi connectivity index (χ4v) is 13.0. The molecule has 548 valence electrons. The van der Waals surface area contributed by atoms with Crippen molar-refractivity contribution in [3.8, 4) is 0 Å². The Labute approximate surface area is 571 Å². The number of aliphatic hydroxyl groups is 1. The van der Waals surface area contributed by atoms with Crippen molar-refractivity contribution in [3.63, 3.8) is 0 Å². The van der Waals surface area contributed by atoms with Gasteiger partial charge in [-0.15, -0.1) is 0 Å². The molecule has 1 aliphatic heterocycles. The van der Waals surface area contributed by atoms with Crippen LogP contribution in [0.15, 0.2) is 52.6 Å². The van der Waals surface area contributed by atoms with Crippen molar-refractivity contribution in [1.29, 1.82) is 0 Å². The molecule has 5 heterocycles. The van der Waals surface area contributed by atoms with E-state index in [1.807, 2.05) is 44.2 Å². The van der Waals surface area contributed by atoms with Gasteiger partial charge in [-0.1, -0.05) is 237 Å². The number of ether oxygens (including phenoxy) is 6. The number of nitrogens with one attached hydrogen (secondary N) is 2. The maximum Gasteiger partial charge on any atom is 0.356 e. The van der Waals surface area contributed by atoms with Gasteiger partial charge in [-0.25, -0.2) is 9.97 Å². The van der Waals surface area contributed by atoms with Gasteiger partial charge in [0.2, 0.25) is 11.9 Å². The van der Waals surface area contributed by atoms with Crippen LogP contribution in [0.4, 0.5) is 11.9 Å². The van der Waals surface area contributed by atoms with E-state index in [-0.39, 0.29) is 88.2 Å². The lowest BCUT2D eigenvalue weighted by Gasteiger charge is -2.19. The Hall–Kier alpha value is -4.46. The Morgan fingerprint density at radius 2 is 0.927 bits per heavy atom. The average Bonchev–Trinajstić information content (AvgIpc) is 1.66. The number of benzene rings is 1. The third kappa shape index (κ3) is 38.8. The quantitative estimate of drug-likeness (QED) is 0.0156. The second-order valence-electron chi connectivity index (χ2n) is 25.3. The first-order chi connectivity index (χ1) is 46.6. The van der Waals surface area contributed by atoms with E-state index in [2.05, 4.69) is 43.8 Å². The number of hydrogen-bond acceptors (Lipinski definition) is 20. The van der Waals surface area contributed by atoms with Gasteiger partial charge in [0.15, 0.2) is 28.1 Å². The van der Waals surface area contributed by atoms with Gasteiger partial charge in [0.1, 0.15) is 18.8 Å². The molecule has 0 radical (unpaired) electrons. The normalized spacial score (nSPS) is 15.0. The van der Waals surface area contributed by atoms with Crippen molar-refractivity contribution in [2.24, 2.45) is 0 Å². The lowest BCUT2D eigenvalue weighted by Crippen LogP contribution is -2.22. The smallest absolute Gasteiger partial charge is 0.356 e. The number of rotatable bonds is 56. The van der Waals surface area contributed by atoms with Gasteiger partial charge >= 0.3 is 15.2 Å². The number of unbranched alkanes of at least 4 members (excludes halogenated alkanes) is 30. The van der Waals surface area contributed by atoms with Crippen LogP contribution in [0.25, 0.3) is 22.3 Å². The molecule has 1 saturated heterocycles. The van der Waals surface area contributed by atoms with Gasteiger partial charge in [-0.05, 0) is 32.3 Å². The lowest BCUT2D eigenvalue weighted by atomic mass is 10.0. The predicted molar refractivity (Wildman–Crippen MR) is 380 cm³/mol. The topological polar surface area (TPSA) is 337 Å². The molecule has 1 aromatic carbocycles. The van der Waals surface area contributed by atoms with Crippen LogP contribution in [-0.4, -0.2) is 140 Å². The van der Waals surface area contributed by atoms with E-state index < -0.39 is 38.4 Å². The van der Waals surface area contributed by atoms with Crippen molar-refractivity contribution in [2.45, 2.75) is 265 Å². The summed E-state index contributed by atoms with van der Waals surface area (Å²) >= 11 is 0. The van der Waals surface area contributed by atoms with Gasteiger partial charge in [-0.2, -0.15) is 9.97 Å². The number of fused-ring (bicyclic) bond motifs is 2. The van der Waals surface area contributed by atoms with E-state index in [0.29, 0.717) is 44.3 Å². The molecule has 1 aliphatic rings. The standard InChI is InChI=1S/C35H58N5O6P.C28H52N5O6P.C6H12O3/c1-2-3-4-5-6-7-8-9-10-11-12-13-14-15-16-20-24-43-26-27-45-47(42,46-28-31-21-18-17-19-22-31)30-44-25-23-40-29-37-32-33(40)38-35(36)39-34(32)41;1-2-3-4-5-6-7-8-9-10-11-12-13-14-15-16-17-19-37-21-22-39-40(35,36)24-38-20-18-33-23-30-25-26(33)31-28(29)32-27(25)34;1-6(2)8-4-5(3-7)9-6/h17-19,21-22,29H,2-16,20,23-28,30H2,1H3,(H3,36,38,39,41);23H,2-22,24H2,1H3,(H,35,36)(H3,29,31,32,34);5,7H,3-4H2,1-2H3. The minimum Gasteiger partial charge on any atom is -0.394 e. The number of aliphatic hydroxyl groups excluding tert-OH is 1. The van der Waals surface area contributed by atoms with Crippen LogP contribution in [0.5, 0.6) is 0 Å². The lowest BCUT2D eigenvalue weighted by molar-refractivity contribution is -0.142. The Kier molecular flexibility index (Phi) is 45.2. The van der Waals surface area contributed by atoms with E-state index in [1.54, 1.807) is 9.13 Å². The van der Waals surface area contributed by atoms with Crippen LogP contribution in [-0.2, 0) is 70.8 Å². The minimum absolute atomic E-state index is 0.00872. The Morgan fingerprint density at radius 3 is 1.31 bits per heavy atom. The molecule has 1 fully saturated rings. The first-order valence-electron chi connectivity index (χ1n) is 36.1. The summed E-state index contributed by atoms with van der Waals surface area (Å²) in [6, 6.07) is 9.51. The summed E-state index contributed by atoms with van der Waals surface area (Å²) in [4.78, 5) is 54.9. The van der Waals surface area contributed by atoms with Gasteiger partial charge in [0, 0.05) is 26.3 Å². The summed E-state index contributed by atoms with van der Waals surface area (Å²) in [7, 11) is -7.44. The van der Waals surface area contributed by atoms with E-state index >= 15 is 0 Å². The monoisotopic (exact) mass is 1390 g/mol. The van der Waals surface area contributed by atoms with Crippen molar-refractivity contribution in [2.75, 3.05) is 90.2 Å². The molecule has 4 aromatic heterocycles. The third-order valence-corrected chi connectivity index (χ3v) is 19.0. The Balaban J connectivity index is 0.000000363. The molecule has 27 heteroatoms. The summed E-state index contributed by atoms with van der Waals surface area (Å²) in [6.07, 6.45) is 44.8. The highest BCUT2D eigenvalue weighted by Gasteiger charge is 2.32. The number of H-pyrrole nitrogens is 2. The molecule has 3 atom stereocenters. The highest BCUT2D eigenvalue weighted by Crippen LogP contribution is 2.49. The third-order valence-electron chi connectivity index (χ3n) is 16.3. The molecular formula is C69H122N10O15P2. The van der Waals surface area contributed by atoms with E-state index in [0.717, 1.165) is 31.2 Å². The van der Waals surface area contributed by atoms with Crippen LogP contribution >= 0.6 is 15.2 Å². The largest absolute Gasteiger partial charge is 0.394 e. The fraction of sp³-hybridized carbons (Fsp3) is 0.768. The predicted octanol–water partition coefficient (Wildman–Crippen LogP) is 14.7. The zero-order valence-electron chi connectivity index (χ0n) is 58.8.